The van der Waals surface area contributed by atoms with Gasteiger partial charge in [0.15, 0.2) is 17.2 Å². The van der Waals surface area contributed by atoms with Crippen molar-refractivity contribution < 1.29 is 41.0 Å². The third kappa shape index (κ3) is 4.39. The van der Waals surface area contributed by atoms with Crippen molar-refractivity contribution in [1.82, 2.24) is 9.88 Å². The van der Waals surface area contributed by atoms with Crippen LogP contribution in [0.3, 0.4) is 0 Å². The number of amides is 2. The minimum atomic E-state index is -4.88. The van der Waals surface area contributed by atoms with Crippen molar-refractivity contribution in [3.8, 4) is 5.75 Å². The van der Waals surface area contributed by atoms with E-state index >= 15 is 0 Å². The van der Waals surface area contributed by atoms with Crippen LogP contribution in [0.25, 0.3) is 0 Å². The van der Waals surface area contributed by atoms with Gasteiger partial charge in [0.05, 0.1) is 13.2 Å². The Kier molecular flexibility index (Phi) is 7.02. The van der Waals surface area contributed by atoms with E-state index in [0.717, 1.165) is 39.0 Å². The predicted molar refractivity (Wildman–Crippen MR) is 134 cm³/mol. The maximum atomic E-state index is 14.6. The quantitative estimate of drug-likeness (QED) is 0.543. The number of benzene rings is 1. The van der Waals surface area contributed by atoms with Crippen LogP contribution in [0.5, 0.6) is 5.75 Å². The van der Waals surface area contributed by atoms with Gasteiger partial charge in [0.1, 0.15) is 11.9 Å². The van der Waals surface area contributed by atoms with Crippen LogP contribution in [0.15, 0.2) is 30.5 Å². The van der Waals surface area contributed by atoms with Crippen LogP contribution in [0, 0.1) is 17.6 Å². The minimum Gasteiger partial charge on any atom is -0.493 e. The summed E-state index contributed by atoms with van der Waals surface area (Å²) < 4.78 is 81.5. The number of halogens is 5. The molecule has 40 heavy (non-hydrogen) atoms. The number of hydrogen-bond acceptors (Lipinski definition) is 6. The van der Waals surface area contributed by atoms with Crippen LogP contribution in [0.4, 0.5) is 33.5 Å². The van der Waals surface area contributed by atoms with Crippen molar-refractivity contribution in [2.75, 3.05) is 30.9 Å². The number of nitrogens with one attached hydrogen (secondary N) is 1. The zero-order valence-electron chi connectivity index (χ0n) is 22.3. The van der Waals surface area contributed by atoms with Gasteiger partial charge in [-0.15, -0.1) is 0 Å². The average molecular weight is 569 g/mol. The molecule has 0 saturated carbocycles. The van der Waals surface area contributed by atoms with Crippen molar-refractivity contribution in [1.29, 1.82) is 0 Å². The van der Waals surface area contributed by atoms with E-state index < -0.39 is 53.0 Å². The van der Waals surface area contributed by atoms with Gasteiger partial charge < -0.3 is 14.8 Å². The summed E-state index contributed by atoms with van der Waals surface area (Å²) in [5, 5.41) is 2.57. The van der Waals surface area contributed by atoms with Crippen molar-refractivity contribution in [3.05, 3.63) is 47.7 Å². The molecule has 0 radical (unpaired) electrons. The number of hydrogen-bond donors (Lipinski definition) is 1. The third-order valence-corrected chi connectivity index (χ3v) is 8.65. The number of aromatic nitrogens is 1. The molecule has 0 spiro atoms. The fourth-order valence-corrected chi connectivity index (χ4v) is 6.11. The SMILES string of the molecule is COc1c([C@H]2[C@H](C(=O)Nc3ccnc(N4C[C@H]5CC[C@@H](C4=O)N5C)c3)O[C@@](C)(C(F)(F)F)[C@H]2C)ccc(F)c1F. The Balaban J connectivity index is 1.46. The number of pyridine rings is 1. The Bertz CT molecular complexity index is 1340. The first-order chi connectivity index (χ1) is 18.8. The van der Waals surface area contributed by atoms with Crippen molar-refractivity contribution in [3.63, 3.8) is 0 Å². The standard InChI is InChI=1S/C27H29F5N4O4/c1-13-20(16-6-7-17(28)21(29)22(16)39-4)23(40-26(13,2)27(30,31)32)24(37)34-14-9-10-33-19(11-14)36-12-15-5-8-18(25(36)38)35(15)3/h6-7,9-11,13,15,18,20,23H,5,8,12H2,1-4H3,(H,33,34,37)/t13-,15+,18-,20-,23+,26+/m0/s1. The van der Waals surface area contributed by atoms with Crippen molar-refractivity contribution in [2.45, 2.75) is 62.6 Å². The first-order valence-electron chi connectivity index (χ1n) is 12.8. The summed E-state index contributed by atoms with van der Waals surface area (Å²) in [6.45, 7) is 2.48. The van der Waals surface area contributed by atoms with Gasteiger partial charge in [-0.25, -0.2) is 9.37 Å². The summed E-state index contributed by atoms with van der Waals surface area (Å²) >= 11 is 0. The monoisotopic (exact) mass is 568 g/mol. The molecular formula is C27H29F5N4O4. The predicted octanol–water partition coefficient (Wildman–Crippen LogP) is 4.26. The maximum absolute atomic E-state index is 14.6. The van der Waals surface area contributed by atoms with Crippen LogP contribution in [-0.2, 0) is 14.3 Å². The molecule has 2 bridgehead atoms. The Labute approximate surface area is 227 Å². The number of carbonyl (C=O) groups excluding carboxylic acids is 2. The minimum absolute atomic E-state index is 0.119. The molecular weight excluding hydrogens is 539 g/mol. The number of alkyl halides is 3. The number of carbonyl (C=O) groups is 2. The summed E-state index contributed by atoms with van der Waals surface area (Å²) in [7, 11) is 2.96. The fraction of sp³-hybridized carbons (Fsp3) is 0.519. The van der Waals surface area contributed by atoms with Gasteiger partial charge in [0.2, 0.25) is 11.7 Å². The summed E-state index contributed by atoms with van der Waals surface area (Å²) in [5.41, 5.74) is -2.72. The number of ether oxygens (including phenoxy) is 2. The van der Waals surface area contributed by atoms with Crippen LogP contribution < -0.4 is 15.0 Å². The second-order valence-electron chi connectivity index (χ2n) is 10.7. The van der Waals surface area contributed by atoms with E-state index in [1.807, 2.05) is 11.9 Å². The Morgan fingerprint density at radius 3 is 2.62 bits per heavy atom. The largest absolute Gasteiger partial charge is 0.493 e. The maximum Gasteiger partial charge on any atom is 0.417 e. The number of fused-ring (bicyclic) bond motifs is 2. The average Bonchev–Trinajstić information content (AvgIpc) is 3.33. The molecule has 2 amide bonds. The molecule has 6 atom stereocenters. The summed E-state index contributed by atoms with van der Waals surface area (Å²) in [5.74, 6) is -6.70. The third-order valence-electron chi connectivity index (χ3n) is 8.65. The zero-order valence-corrected chi connectivity index (χ0v) is 22.3. The Hall–Kier alpha value is -3.32. The molecule has 13 heteroatoms. The van der Waals surface area contributed by atoms with E-state index in [2.05, 4.69) is 10.3 Å². The molecule has 3 saturated heterocycles. The van der Waals surface area contributed by atoms with E-state index in [4.69, 9.17) is 9.47 Å². The molecule has 0 unspecified atom stereocenters. The molecule has 3 aliphatic heterocycles. The summed E-state index contributed by atoms with van der Waals surface area (Å²) in [6.07, 6.45) is -3.64. The molecule has 3 aliphatic rings. The van der Waals surface area contributed by atoms with E-state index in [0.29, 0.717) is 12.4 Å². The van der Waals surface area contributed by atoms with Gasteiger partial charge in [-0.05, 0) is 38.9 Å². The highest BCUT2D eigenvalue weighted by Crippen LogP contribution is 2.55. The highest BCUT2D eigenvalue weighted by atomic mass is 19.4. The number of rotatable bonds is 5. The second-order valence-corrected chi connectivity index (χ2v) is 10.7. The van der Waals surface area contributed by atoms with E-state index in [9.17, 15) is 31.5 Å². The van der Waals surface area contributed by atoms with Crippen molar-refractivity contribution >= 4 is 23.3 Å². The van der Waals surface area contributed by atoms with E-state index in [1.165, 1.54) is 25.3 Å². The number of methoxy groups -OCH3 is 1. The van der Waals surface area contributed by atoms with Gasteiger partial charge in [0.25, 0.3) is 5.91 Å². The first kappa shape index (κ1) is 28.2. The highest BCUT2D eigenvalue weighted by Gasteiger charge is 2.66. The zero-order chi connectivity index (χ0) is 29.1. The topological polar surface area (TPSA) is 84.0 Å². The molecule has 1 aromatic heterocycles. The summed E-state index contributed by atoms with van der Waals surface area (Å²) in [4.78, 5) is 34.4. The van der Waals surface area contributed by atoms with Crippen LogP contribution in [0.1, 0.15) is 38.2 Å². The number of nitrogens with zero attached hydrogens (tertiary/aromatic N) is 3. The molecule has 1 N–H and O–H groups in total. The van der Waals surface area contributed by atoms with Gasteiger partial charge in [-0.1, -0.05) is 13.0 Å². The van der Waals surface area contributed by atoms with E-state index in [1.54, 1.807) is 4.90 Å². The van der Waals surface area contributed by atoms with Crippen molar-refractivity contribution in [2.24, 2.45) is 5.92 Å². The molecule has 3 fully saturated rings. The lowest BCUT2D eigenvalue weighted by Gasteiger charge is -2.37. The molecule has 1 aromatic carbocycles. The van der Waals surface area contributed by atoms with Gasteiger partial charge >= 0.3 is 6.18 Å². The Morgan fingerprint density at radius 1 is 1.23 bits per heavy atom. The Morgan fingerprint density at radius 2 is 1.95 bits per heavy atom. The first-order valence-corrected chi connectivity index (χ1v) is 12.8. The van der Waals surface area contributed by atoms with Crippen LogP contribution in [-0.4, -0.2) is 72.4 Å². The lowest BCUT2D eigenvalue weighted by molar-refractivity contribution is -0.272. The highest BCUT2D eigenvalue weighted by molar-refractivity contribution is 5.99. The number of likely N-dealkylation sites (N-methyl/N-ethyl adjacent to an activating group) is 1. The molecule has 0 aliphatic carbocycles. The number of anilines is 2. The number of piperazine rings is 1. The normalized spacial score (nSPS) is 30.6. The molecule has 216 valence electrons. The van der Waals surface area contributed by atoms with E-state index in [-0.39, 0.29) is 29.2 Å². The van der Waals surface area contributed by atoms with Gasteiger partial charge in [-0.3, -0.25) is 19.4 Å². The molecule has 4 heterocycles. The lowest BCUT2D eigenvalue weighted by atomic mass is 9.77. The fourth-order valence-electron chi connectivity index (χ4n) is 6.11. The van der Waals surface area contributed by atoms with Crippen LogP contribution in [0.2, 0.25) is 0 Å². The van der Waals surface area contributed by atoms with Crippen LogP contribution >= 0.6 is 0 Å². The van der Waals surface area contributed by atoms with Gasteiger partial charge in [0, 0.05) is 47.9 Å². The smallest absolute Gasteiger partial charge is 0.417 e. The lowest BCUT2D eigenvalue weighted by Crippen LogP contribution is -2.56. The molecule has 2 aromatic rings. The molecule has 8 nitrogen and oxygen atoms in total. The second kappa shape index (κ2) is 9.95. The molecule has 5 rings (SSSR count). The van der Waals surface area contributed by atoms with Gasteiger partial charge in [-0.2, -0.15) is 17.6 Å². The summed E-state index contributed by atoms with van der Waals surface area (Å²) in [6, 6.07) is 4.68.